The van der Waals surface area contributed by atoms with Gasteiger partial charge in [-0.1, -0.05) is 24.3 Å². The monoisotopic (exact) mass is 532 g/mol. The SMILES string of the molecule is Cc1cc(Oc2ccc(-c3c(S(N)(=O)=O)sc4ccccc34)c(F)c2)c2cccc(C(F)(F)F)c2n1. The zero-order valence-electron chi connectivity index (χ0n) is 18.4. The Kier molecular flexibility index (Phi) is 5.73. The summed E-state index contributed by atoms with van der Waals surface area (Å²) in [5.74, 6) is -0.703. The van der Waals surface area contributed by atoms with Gasteiger partial charge in [-0.3, -0.25) is 4.98 Å². The number of nitrogens with two attached hydrogens (primary N) is 1. The van der Waals surface area contributed by atoms with Gasteiger partial charge in [0.25, 0.3) is 0 Å². The predicted molar refractivity (Wildman–Crippen MR) is 130 cm³/mol. The van der Waals surface area contributed by atoms with Crippen LogP contribution in [0.15, 0.2) is 70.9 Å². The van der Waals surface area contributed by atoms with Crippen LogP contribution in [0.1, 0.15) is 11.3 Å². The van der Waals surface area contributed by atoms with Gasteiger partial charge in [-0.15, -0.1) is 11.3 Å². The van der Waals surface area contributed by atoms with Gasteiger partial charge in [0.05, 0.1) is 11.1 Å². The van der Waals surface area contributed by atoms with Crippen molar-refractivity contribution in [3.63, 3.8) is 0 Å². The van der Waals surface area contributed by atoms with Gasteiger partial charge in [0.1, 0.15) is 21.5 Å². The first-order valence-corrected chi connectivity index (χ1v) is 12.8. The number of fused-ring (bicyclic) bond motifs is 2. The molecule has 184 valence electrons. The maximum absolute atomic E-state index is 15.4. The van der Waals surface area contributed by atoms with Gasteiger partial charge in [-0.2, -0.15) is 13.2 Å². The van der Waals surface area contributed by atoms with Crippen molar-refractivity contribution in [2.75, 3.05) is 0 Å². The molecular formula is C25H16F4N2O3S2. The fourth-order valence-corrected chi connectivity index (χ4v) is 6.21. The van der Waals surface area contributed by atoms with Crippen LogP contribution in [0.4, 0.5) is 17.6 Å². The third-order valence-corrected chi connectivity index (χ3v) is 8.13. The topological polar surface area (TPSA) is 82.3 Å². The number of aryl methyl sites for hydroxylation is 1. The number of halogens is 4. The van der Waals surface area contributed by atoms with Crippen molar-refractivity contribution in [1.29, 1.82) is 0 Å². The van der Waals surface area contributed by atoms with Gasteiger partial charge in [0.2, 0.25) is 10.0 Å². The molecule has 0 saturated carbocycles. The zero-order chi connectivity index (χ0) is 25.8. The minimum atomic E-state index is -4.62. The maximum atomic E-state index is 15.4. The molecule has 0 aliphatic heterocycles. The fraction of sp³-hybridized carbons (Fsp3) is 0.0800. The van der Waals surface area contributed by atoms with Crippen LogP contribution in [0, 0.1) is 12.7 Å². The van der Waals surface area contributed by atoms with Crippen LogP contribution in [-0.2, 0) is 16.2 Å². The van der Waals surface area contributed by atoms with Crippen LogP contribution >= 0.6 is 11.3 Å². The van der Waals surface area contributed by atoms with E-state index in [0.29, 0.717) is 10.1 Å². The summed E-state index contributed by atoms with van der Waals surface area (Å²) in [6.07, 6.45) is -4.62. The normalized spacial score (nSPS) is 12.4. The van der Waals surface area contributed by atoms with E-state index < -0.39 is 27.6 Å². The number of pyridine rings is 1. The van der Waals surface area contributed by atoms with Crippen LogP contribution in [0.2, 0.25) is 0 Å². The van der Waals surface area contributed by atoms with E-state index in [1.54, 1.807) is 24.3 Å². The standard InChI is InChI=1S/C25H16F4N2O3S2/c1-13-11-20(16-6-4-7-18(23(16)31-13)25(27,28)29)34-14-9-10-15(19(26)12-14)22-17-5-2-3-8-21(17)35-24(22)36(30,32)33/h2-12H,1H3,(H2,30,32,33). The molecule has 0 bridgehead atoms. The summed E-state index contributed by atoms with van der Waals surface area (Å²) in [5.41, 5.74) is -0.760. The number of thiophene rings is 1. The summed E-state index contributed by atoms with van der Waals surface area (Å²) in [6.45, 7) is 1.53. The number of benzene rings is 3. The first-order valence-electron chi connectivity index (χ1n) is 10.4. The summed E-state index contributed by atoms with van der Waals surface area (Å²) in [5, 5.41) is 6.03. The van der Waals surface area contributed by atoms with Crippen molar-refractivity contribution in [3.05, 3.63) is 83.8 Å². The van der Waals surface area contributed by atoms with E-state index in [-0.39, 0.29) is 43.4 Å². The van der Waals surface area contributed by atoms with Crippen molar-refractivity contribution in [1.82, 2.24) is 4.98 Å². The molecule has 0 aliphatic rings. The molecule has 2 aromatic heterocycles. The summed E-state index contributed by atoms with van der Waals surface area (Å²) in [7, 11) is -4.14. The summed E-state index contributed by atoms with van der Waals surface area (Å²) < 4.78 is 86.5. The molecule has 0 fully saturated rings. The van der Waals surface area contributed by atoms with Crippen LogP contribution in [0.3, 0.4) is 0 Å². The molecule has 3 aromatic carbocycles. The molecular weight excluding hydrogens is 516 g/mol. The highest BCUT2D eigenvalue weighted by Crippen LogP contribution is 2.43. The summed E-state index contributed by atoms with van der Waals surface area (Å²) >= 11 is 0.938. The molecule has 36 heavy (non-hydrogen) atoms. The second kappa shape index (κ2) is 8.54. The average Bonchev–Trinajstić information content (AvgIpc) is 3.18. The zero-order valence-corrected chi connectivity index (χ0v) is 20.1. The number of aromatic nitrogens is 1. The number of primary sulfonamides is 1. The number of para-hydroxylation sites is 1. The lowest BCUT2D eigenvalue weighted by Gasteiger charge is -2.14. The van der Waals surface area contributed by atoms with Crippen LogP contribution in [0.5, 0.6) is 11.5 Å². The molecule has 0 aliphatic carbocycles. The molecule has 0 saturated heterocycles. The van der Waals surface area contributed by atoms with Crippen LogP contribution < -0.4 is 9.88 Å². The van der Waals surface area contributed by atoms with Crippen LogP contribution in [0.25, 0.3) is 32.1 Å². The van der Waals surface area contributed by atoms with Gasteiger partial charge in [-0.05, 0) is 37.3 Å². The van der Waals surface area contributed by atoms with Crippen molar-refractivity contribution < 1.29 is 30.7 Å². The molecule has 11 heteroatoms. The third-order valence-electron chi connectivity index (χ3n) is 5.49. The highest BCUT2D eigenvalue weighted by molar-refractivity contribution is 7.91. The Morgan fingerprint density at radius 2 is 1.69 bits per heavy atom. The van der Waals surface area contributed by atoms with E-state index in [2.05, 4.69) is 4.98 Å². The van der Waals surface area contributed by atoms with Crippen molar-refractivity contribution in [2.45, 2.75) is 17.3 Å². The Hall–Kier alpha value is -3.54. The van der Waals surface area contributed by atoms with E-state index in [1.807, 2.05) is 0 Å². The molecule has 2 N–H and O–H groups in total. The first-order chi connectivity index (χ1) is 16.9. The van der Waals surface area contributed by atoms with Gasteiger partial charge in [0, 0.05) is 44.4 Å². The first kappa shape index (κ1) is 24.2. The molecule has 0 spiro atoms. The fourth-order valence-electron chi connectivity index (χ4n) is 4.02. The third kappa shape index (κ3) is 4.29. The van der Waals surface area contributed by atoms with E-state index in [1.165, 1.54) is 37.3 Å². The number of nitrogens with zero attached hydrogens (tertiary/aromatic N) is 1. The molecule has 0 unspecified atom stereocenters. The lowest BCUT2D eigenvalue weighted by Crippen LogP contribution is -2.11. The van der Waals surface area contributed by atoms with E-state index >= 15 is 4.39 Å². The second-order valence-corrected chi connectivity index (χ2v) is 10.8. The average molecular weight is 533 g/mol. The number of alkyl halides is 3. The van der Waals surface area contributed by atoms with Crippen molar-refractivity contribution >= 4 is 42.3 Å². The van der Waals surface area contributed by atoms with E-state index in [0.717, 1.165) is 23.5 Å². The maximum Gasteiger partial charge on any atom is 0.418 e. The lowest BCUT2D eigenvalue weighted by molar-refractivity contribution is -0.136. The summed E-state index contributed by atoms with van der Waals surface area (Å²) in [4.78, 5) is 4.03. The molecule has 0 amide bonds. The number of hydrogen-bond acceptors (Lipinski definition) is 5. The molecule has 0 radical (unpaired) electrons. The minimum Gasteiger partial charge on any atom is -0.456 e. The number of sulfonamides is 1. The second-order valence-electron chi connectivity index (χ2n) is 8.01. The predicted octanol–water partition coefficient (Wildman–Crippen LogP) is 7.02. The van der Waals surface area contributed by atoms with Crippen LogP contribution in [-0.4, -0.2) is 13.4 Å². The Morgan fingerprint density at radius 3 is 2.39 bits per heavy atom. The van der Waals surface area contributed by atoms with Gasteiger partial charge in [0.15, 0.2) is 0 Å². The van der Waals surface area contributed by atoms with E-state index in [9.17, 15) is 21.6 Å². The quantitative estimate of drug-likeness (QED) is 0.252. The van der Waals surface area contributed by atoms with Crippen molar-refractivity contribution in [3.8, 4) is 22.6 Å². The van der Waals surface area contributed by atoms with Gasteiger partial charge >= 0.3 is 6.18 Å². The Balaban J connectivity index is 1.61. The molecule has 5 aromatic rings. The summed E-state index contributed by atoms with van der Waals surface area (Å²) in [6, 6.07) is 15.7. The lowest BCUT2D eigenvalue weighted by atomic mass is 10.0. The number of ether oxygens (including phenoxy) is 1. The minimum absolute atomic E-state index is 0.000973. The Morgan fingerprint density at radius 1 is 0.972 bits per heavy atom. The molecule has 5 nitrogen and oxygen atoms in total. The Labute approximate surface area is 206 Å². The Bertz CT molecular complexity index is 1760. The van der Waals surface area contributed by atoms with Crippen molar-refractivity contribution in [2.24, 2.45) is 5.14 Å². The largest absolute Gasteiger partial charge is 0.456 e. The highest BCUT2D eigenvalue weighted by Gasteiger charge is 2.33. The molecule has 2 heterocycles. The number of hydrogen-bond donors (Lipinski definition) is 1. The van der Waals surface area contributed by atoms with Gasteiger partial charge < -0.3 is 4.74 Å². The number of rotatable bonds is 4. The van der Waals surface area contributed by atoms with Gasteiger partial charge in [-0.25, -0.2) is 17.9 Å². The van der Waals surface area contributed by atoms with E-state index in [4.69, 9.17) is 9.88 Å². The highest BCUT2D eigenvalue weighted by atomic mass is 32.2. The molecule has 0 atom stereocenters. The smallest absolute Gasteiger partial charge is 0.418 e. The molecule has 5 rings (SSSR count).